The van der Waals surface area contributed by atoms with Crippen LogP contribution in [0.2, 0.25) is 0 Å². The summed E-state index contributed by atoms with van der Waals surface area (Å²) < 4.78 is 0. The molecule has 4 aromatic rings. The monoisotopic (exact) mass is 512 g/mol. The number of carboxylic acids is 1. The number of nitrogens with zero attached hydrogens (tertiary/aromatic N) is 1. The van der Waals surface area contributed by atoms with E-state index in [1.165, 1.54) is 13.1 Å². The summed E-state index contributed by atoms with van der Waals surface area (Å²) in [5.41, 5.74) is 1.63. The SMILES string of the molecule is CC(CNC(=O)c1[nH]c(=O)c(C(=O)NC2(c3ccc(-c4cccc5cnccc45)cc3)CC2)c[nH+]1)C(=O)O. The lowest BCUT2D eigenvalue weighted by molar-refractivity contribution is -0.387. The number of nitrogens with one attached hydrogen (secondary N) is 4. The highest BCUT2D eigenvalue weighted by Gasteiger charge is 2.46. The first kappa shape index (κ1) is 24.8. The minimum absolute atomic E-state index is 0.106. The molecule has 1 atom stereocenters. The second-order valence-electron chi connectivity index (χ2n) is 9.50. The molecule has 2 amide bonds. The summed E-state index contributed by atoms with van der Waals surface area (Å²) in [5, 5.41) is 16.5. The maximum atomic E-state index is 13.0. The standard InChI is InChI=1S/C28H25N5O5/c1-16(27(37)38)13-31-26(36)23-30-15-22(24(34)32-23)25(35)33-28(10-11-28)19-7-5-17(6-8-19)20-4-2-3-18-14-29-12-9-21(18)20/h2-9,12,14-16H,10-11,13H2,1H3,(H,31,36)(H,33,35)(H,37,38)(H,30,32,34)/p+1. The number of rotatable bonds is 8. The first-order chi connectivity index (χ1) is 18.3. The fourth-order valence-electron chi connectivity index (χ4n) is 4.38. The van der Waals surface area contributed by atoms with Gasteiger partial charge < -0.3 is 15.7 Å². The zero-order chi connectivity index (χ0) is 26.9. The van der Waals surface area contributed by atoms with Crippen LogP contribution in [0.25, 0.3) is 21.9 Å². The third-order valence-corrected chi connectivity index (χ3v) is 6.84. The van der Waals surface area contributed by atoms with Crippen LogP contribution < -0.4 is 21.2 Å². The lowest BCUT2D eigenvalue weighted by atomic mass is 9.96. The van der Waals surface area contributed by atoms with Gasteiger partial charge in [-0.3, -0.25) is 19.4 Å². The molecule has 1 unspecified atom stereocenters. The Balaban J connectivity index is 1.29. The van der Waals surface area contributed by atoms with Gasteiger partial charge in [0.25, 0.3) is 5.91 Å². The number of amides is 2. The van der Waals surface area contributed by atoms with Gasteiger partial charge in [0.15, 0.2) is 5.56 Å². The van der Waals surface area contributed by atoms with Gasteiger partial charge in [0.2, 0.25) is 0 Å². The highest BCUT2D eigenvalue weighted by atomic mass is 16.4. The van der Waals surface area contributed by atoms with Crippen molar-refractivity contribution in [3.63, 3.8) is 0 Å². The average molecular weight is 513 g/mol. The van der Waals surface area contributed by atoms with Crippen LogP contribution in [0.15, 0.2) is 71.9 Å². The third kappa shape index (κ3) is 4.88. The van der Waals surface area contributed by atoms with Crippen molar-refractivity contribution in [1.82, 2.24) is 20.6 Å². The first-order valence-electron chi connectivity index (χ1n) is 12.2. The summed E-state index contributed by atoms with van der Waals surface area (Å²) in [6.45, 7) is 1.34. The van der Waals surface area contributed by atoms with Crippen molar-refractivity contribution < 1.29 is 24.5 Å². The van der Waals surface area contributed by atoms with Crippen molar-refractivity contribution in [3.8, 4) is 11.1 Å². The van der Waals surface area contributed by atoms with E-state index < -0.39 is 34.8 Å². The molecule has 2 heterocycles. The van der Waals surface area contributed by atoms with Crippen LogP contribution >= 0.6 is 0 Å². The summed E-state index contributed by atoms with van der Waals surface area (Å²) >= 11 is 0. The van der Waals surface area contributed by atoms with Crippen LogP contribution in [0.3, 0.4) is 0 Å². The average Bonchev–Trinajstić information content (AvgIpc) is 3.71. The van der Waals surface area contributed by atoms with E-state index in [1.54, 1.807) is 6.20 Å². The van der Waals surface area contributed by atoms with Crippen molar-refractivity contribution in [1.29, 1.82) is 0 Å². The molecule has 10 nitrogen and oxygen atoms in total. The number of fused-ring (bicyclic) bond motifs is 1. The van der Waals surface area contributed by atoms with Crippen LogP contribution in [0.5, 0.6) is 0 Å². The molecule has 2 aromatic carbocycles. The molecule has 0 spiro atoms. The lowest BCUT2D eigenvalue weighted by Crippen LogP contribution is -2.42. The van der Waals surface area contributed by atoms with E-state index in [4.69, 9.17) is 5.11 Å². The molecule has 10 heteroatoms. The molecule has 0 radical (unpaired) electrons. The molecular formula is C28H26N5O5+. The Kier molecular flexibility index (Phi) is 6.46. The van der Waals surface area contributed by atoms with E-state index in [-0.39, 0.29) is 17.9 Å². The van der Waals surface area contributed by atoms with Crippen LogP contribution in [-0.4, -0.2) is 39.4 Å². The molecule has 192 valence electrons. The summed E-state index contributed by atoms with van der Waals surface area (Å²) in [5.74, 6) is -3.25. The number of aromatic amines is 2. The number of aliphatic carboxylic acids is 1. The normalized spacial score (nSPS) is 14.4. The molecule has 5 rings (SSSR count). The molecular weight excluding hydrogens is 486 g/mol. The second kappa shape index (κ2) is 9.89. The van der Waals surface area contributed by atoms with Crippen molar-refractivity contribution >= 4 is 28.6 Å². The Morgan fingerprint density at radius 2 is 1.87 bits per heavy atom. The number of hydrogen-bond donors (Lipinski definition) is 4. The zero-order valence-electron chi connectivity index (χ0n) is 20.6. The quantitative estimate of drug-likeness (QED) is 0.284. The van der Waals surface area contributed by atoms with Gasteiger partial charge in [-0.1, -0.05) is 49.4 Å². The largest absolute Gasteiger partial charge is 0.481 e. The molecule has 0 aliphatic heterocycles. The van der Waals surface area contributed by atoms with Crippen molar-refractivity contribution in [2.45, 2.75) is 25.3 Å². The second-order valence-corrected chi connectivity index (χ2v) is 9.50. The van der Waals surface area contributed by atoms with Crippen molar-refractivity contribution in [2.75, 3.05) is 6.54 Å². The first-order valence-corrected chi connectivity index (χ1v) is 12.2. The number of carbonyl (C=O) groups is 3. The number of carbonyl (C=O) groups excluding carboxylic acids is 2. The molecule has 1 aliphatic carbocycles. The van der Waals surface area contributed by atoms with E-state index >= 15 is 0 Å². The maximum Gasteiger partial charge on any atom is 0.348 e. The van der Waals surface area contributed by atoms with Crippen LogP contribution in [0.4, 0.5) is 0 Å². The van der Waals surface area contributed by atoms with E-state index in [1.807, 2.05) is 48.7 Å². The Morgan fingerprint density at radius 3 is 2.55 bits per heavy atom. The van der Waals surface area contributed by atoms with Crippen LogP contribution in [0, 0.1) is 5.92 Å². The molecule has 1 saturated carbocycles. The number of hydrogen-bond acceptors (Lipinski definition) is 5. The van der Waals surface area contributed by atoms with Gasteiger partial charge in [-0.05, 0) is 41.0 Å². The van der Waals surface area contributed by atoms with E-state index in [0.29, 0.717) is 0 Å². The highest BCUT2D eigenvalue weighted by Crippen LogP contribution is 2.46. The van der Waals surface area contributed by atoms with Gasteiger partial charge in [0.05, 0.1) is 11.5 Å². The highest BCUT2D eigenvalue weighted by molar-refractivity contribution is 5.96. The Bertz CT molecular complexity index is 1600. The number of carboxylic acid groups (broad SMARTS) is 1. The van der Waals surface area contributed by atoms with Gasteiger partial charge in [-0.15, -0.1) is 0 Å². The van der Waals surface area contributed by atoms with Crippen molar-refractivity contribution in [2.24, 2.45) is 5.92 Å². The Labute approximate surface area is 217 Å². The predicted molar refractivity (Wildman–Crippen MR) is 138 cm³/mol. The Morgan fingerprint density at radius 1 is 1.11 bits per heavy atom. The van der Waals surface area contributed by atoms with Gasteiger partial charge in [0.1, 0.15) is 6.20 Å². The van der Waals surface area contributed by atoms with E-state index in [9.17, 15) is 19.2 Å². The zero-order valence-corrected chi connectivity index (χ0v) is 20.6. The molecule has 5 N–H and O–H groups in total. The number of aromatic nitrogens is 3. The molecule has 2 aromatic heterocycles. The lowest BCUT2D eigenvalue weighted by Gasteiger charge is -2.18. The predicted octanol–water partition coefficient (Wildman–Crippen LogP) is 2.27. The van der Waals surface area contributed by atoms with Gasteiger partial charge in [-0.2, -0.15) is 0 Å². The summed E-state index contributed by atoms with van der Waals surface area (Å²) in [6, 6.07) is 16.1. The van der Waals surface area contributed by atoms with Crippen LogP contribution in [0.1, 0.15) is 46.3 Å². The Hall–Kier alpha value is -4.86. The summed E-state index contributed by atoms with van der Waals surface area (Å²) in [6.07, 6.45) is 6.26. The van der Waals surface area contributed by atoms with Crippen molar-refractivity contribution in [3.05, 3.63) is 94.4 Å². The fourth-order valence-corrected chi connectivity index (χ4v) is 4.38. The molecule has 0 saturated heterocycles. The number of benzene rings is 2. The van der Waals surface area contributed by atoms with Gasteiger partial charge in [-0.25, -0.2) is 14.8 Å². The van der Waals surface area contributed by atoms with Gasteiger partial charge in [0, 0.05) is 24.3 Å². The number of pyridine rings is 1. The summed E-state index contributed by atoms with van der Waals surface area (Å²) in [4.78, 5) is 57.8. The molecule has 38 heavy (non-hydrogen) atoms. The fraction of sp³-hybridized carbons (Fsp3) is 0.214. The van der Waals surface area contributed by atoms with E-state index in [0.717, 1.165) is 40.3 Å². The minimum atomic E-state index is -1.05. The maximum absolute atomic E-state index is 13.0. The summed E-state index contributed by atoms with van der Waals surface area (Å²) in [7, 11) is 0. The third-order valence-electron chi connectivity index (χ3n) is 6.84. The molecule has 0 bridgehead atoms. The topological polar surface area (TPSA) is 155 Å². The molecule has 1 fully saturated rings. The smallest absolute Gasteiger partial charge is 0.348 e. The minimum Gasteiger partial charge on any atom is -0.481 e. The number of H-pyrrole nitrogens is 2. The van der Waals surface area contributed by atoms with E-state index in [2.05, 4.69) is 31.7 Å². The molecule has 1 aliphatic rings. The van der Waals surface area contributed by atoms with Crippen LogP contribution in [-0.2, 0) is 10.3 Å². The van der Waals surface area contributed by atoms with Gasteiger partial charge >= 0.3 is 23.3 Å².